The number of nitriles is 1. The van der Waals surface area contributed by atoms with Gasteiger partial charge in [-0.2, -0.15) is 5.26 Å². The van der Waals surface area contributed by atoms with Gasteiger partial charge in [0.15, 0.2) is 0 Å². The third kappa shape index (κ3) is 2.01. The van der Waals surface area contributed by atoms with Crippen molar-refractivity contribution >= 4 is 5.91 Å². The third-order valence-corrected chi connectivity index (χ3v) is 2.74. The summed E-state index contributed by atoms with van der Waals surface area (Å²) in [6.45, 7) is 0.267. The Morgan fingerprint density at radius 1 is 1.73 bits per heavy atom. The molecule has 0 saturated heterocycles. The highest BCUT2D eigenvalue weighted by Gasteiger charge is 2.29. The maximum Gasteiger partial charge on any atom is 0.242 e. The number of likely N-dealkylation sites (N-methyl/N-ethyl adjacent to an activating group) is 1. The molecule has 1 fully saturated rings. The highest BCUT2D eigenvalue weighted by molar-refractivity contribution is 5.76. The van der Waals surface area contributed by atoms with E-state index in [0.717, 1.165) is 12.8 Å². The Morgan fingerprint density at radius 2 is 2.47 bits per heavy atom. The summed E-state index contributed by atoms with van der Waals surface area (Å²) in [5.74, 6) is 0.0743. The summed E-state index contributed by atoms with van der Waals surface area (Å²) >= 11 is 0. The SMILES string of the molecule is CN(C(=O)Cn1cccc1C#N)C1CC1. The molecule has 1 aliphatic carbocycles. The van der Waals surface area contributed by atoms with E-state index >= 15 is 0 Å². The van der Waals surface area contributed by atoms with Gasteiger partial charge in [-0.15, -0.1) is 0 Å². The van der Waals surface area contributed by atoms with Crippen LogP contribution >= 0.6 is 0 Å². The highest BCUT2D eigenvalue weighted by Crippen LogP contribution is 2.25. The Bertz CT molecular complexity index is 412. The summed E-state index contributed by atoms with van der Waals surface area (Å²) < 4.78 is 1.68. The van der Waals surface area contributed by atoms with Crippen LogP contribution in [0.25, 0.3) is 0 Å². The van der Waals surface area contributed by atoms with E-state index in [2.05, 4.69) is 6.07 Å². The lowest BCUT2D eigenvalue weighted by Crippen LogP contribution is -2.32. The van der Waals surface area contributed by atoms with Crippen molar-refractivity contribution in [3.63, 3.8) is 0 Å². The van der Waals surface area contributed by atoms with Gasteiger partial charge in [0.2, 0.25) is 5.91 Å². The second-order valence-corrected chi connectivity index (χ2v) is 3.87. The van der Waals surface area contributed by atoms with E-state index in [9.17, 15) is 4.79 Å². The molecule has 0 radical (unpaired) electrons. The Kier molecular flexibility index (Phi) is 2.46. The maximum atomic E-state index is 11.8. The van der Waals surface area contributed by atoms with Gasteiger partial charge in [0.25, 0.3) is 0 Å². The molecule has 1 saturated carbocycles. The number of nitrogens with zero attached hydrogens (tertiary/aromatic N) is 3. The van der Waals surface area contributed by atoms with E-state index in [1.54, 1.807) is 27.8 Å². The van der Waals surface area contributed by atoms with Gasteiger partial charge in [-0.05, 0) is 25.0 Å². The predicted molar refractivity (Wildman–Crippen MR) is 54.9 cm³/mol. The number of aromatic nitrogens is 1. The zero-order valence-corrected chi connectivity index (χ0v) is 8.68. The molecule has 2 rings (SSSR count). The van der Waals surface area contributed by atoms with Crippen LogP contribution in [-0.2, 0) is 11.3 Å². The quantitative estimate of drug-likeness (QED) is 0.735. The van der Waals surface area contributed by atoms with Crippen molar-refractivity contribution in [2.24, 2.45) is 0 Å². The molecule has 0 unspecified atom stereocenters. The average molecular weight is 203 g/mol. The second kappa shape index (κ2) is 3.77. The molecule has 0 aliphatic heterocycles. The van der Waals surface area contributed by atoms with Crippen molar-refractivity contribution in [3.8, 4) is 6.07 Å². The second-order valence-electron chi connectivity index (χ2n) is 3.87. The first-order valence-corrected chi connectivity index (χ1v) is 5.03. The fraction of sp³-hybridized carbons (Fsp3) is 0.455. The van der Waals surface area contributed by atoms with Crippen molar-refractivity contribution in [1.82, 2.24) is 9.47 Å². The van der Waals surface area contributed by atoms with Crippen molar-refractivity contribution in [2.45, 2.75) is 25.4 Å². The molecule has 0 spiro atoms. The number of carbonyl (C=O) groups is 1. The summed E-state index contributed by atoms with van der Waals surface area (Å²) in [5, 5.41) is 8.78. The molecule has 1 amide bonds. The molecule has 0 atom stereocenters. The minimum absolute atomic E-state index is 0.0743. The smallest absolute Gasteiger partial charge is 0.242 e. The molecule has 1 aliphatic rings. The van der Waals surface area contributed by atoms with Crippen molar-refractivity contribution in [1.29, 1.82) is 5.26 Å². The van der Waals surface area contributed by atoms with Crippen molar-refractivity contribution in [3.05, 3.63) is 24.0 Å². The summed E-state index contributed by atoms with van der Waals surface area (Å²) in [4.78, 5) is 13.5. The Hall–Kier alpha value is -1.76. The van der Waals surface area contributed by atoms with E-state index in [0.29, 0.717) is 11.7 Å². The van der Waals surface area contributed by atoms with Gasteiger partial charge < -0.3 is 9.47 Å². The lowest BCUT2D eigenvalue weighted by atomic mass is 10.4. The highest BCUT2D eigenvalue weighted by atomic mass is 16.2. The summed E-state index contributed by atoms with van der Waals surface area (Å²) in [5.41, 5.74) is 0.535. The van der Waals surface area contributed by atoms with Crippen LogP contribution in [0.5, 0.6) is 0 Å². The minimum atomic E-state index is 0.0743. The van der Waals surface area contributed by atoms with Gasteiger partial charge in [-0.25, -0.2) is 0 Å². The maximum absolute atomic E-state index is 11.8. The average Bonchev–Trinajstić information content (AvgIpc) is 2.99. The molecule has 1 heterocycles. The molecular formula is C11H13N3O. The Labute approximate surface area is 88.7 Å². The van der Waals surface area contributed by atoms with Gasteiger partial charge in [0.1, 0.15) is 18.3 Å². The topological polar surface area (TPSA) is 49.0 Å². The Morgan fingerprint density at radius 3 is 3.07 bits per heavy atom. The molecule has 78 valence electrons. The monoisotopic (exact) mass is 203 g/mol. The minimum Gasteiger partial charge on any atom is -0.341 e. The molecule has 15 heavy (non-hydrogen) atoms. The van der Waals surface area contributed by atoms with Gasteiger partial charge in [0.05, 0.1) is 0 Å². The zero-order chi connectivity index (χ0) is 10.8. The largest absolute Gasteiger partial charge is 0.341 e. The first kappa shape index (κ1) is 9.78. The van der Waals surface area contributed by atoms with Crippen LogP contribution < -0.4 is 0 Å². The molecule has 1 aromatic heterocycles. The molecule has 0 N–H and O–H groups in total. The van der Waals surface area contributed by atoms with Gasteiger partial charge in [0, 0.05) is 19.3 Å². The normalized spacial score (nSPS) is 14.7. The van der Waals surface area contributed by atoms with Gasteiger partial charge in [-0.3, -0.25) is 4.79 Å². The number of rotatable bonds is 3. The van der Waals surface area contributed by atoms with E-state index < -0.39 is 0 Å². The summed E-state index contributed by atoms with van der Waals surface area (Å²) in [6.07, 6.45) is 3.98. The summed E-state index contributed by atoms with van der Waals surface area (Å²) in [6, 6.07) is 5.98. The van der Waals surface area contributed by atoms with Crippen LogP contribution in [-0.4, -0.2) is 28.5 Å². The van der Waals surface area contributed by atoms with E-state index in [-0.39, 0.29) is 12.5 Å². The van der Waals surface area contributed by atoms with Crippen LogP contribution in [0.1, 0.15) is 18.5 Å². The summed E-state index contributed by atoms with van der Waals surface area (Å²) in [7, 11) is 1.83. The predicted octanol–water partition coefficient (Wildman–Crippen LogP) is 0.981. The standard InChI is InChI=1S/C11H13N3O/c1-13(9-4-5-9)11(15)8-14-6-2-3-10(14)7-12/h2-3,6,9H,4-5,8H2,1H3. The number of hydrogen-bond donors (Lipinski definition) is 0. The molecule has 4 heteroatoms. The van der Waals surface area contributed by atoms with Crippen LogP contribution in [0.3, 0.4) is 0 Å². The Balaban J connectivity index is 2.02. The third-order valence-electron chi connectivity index (χ3n) is 2.74. The molecule has 0 aromatic carbocycles. The first-order valence-electron chi connectivity index (χ1n) is 5.03. The number of carbonyl (C=O) groups excluding carboxylic acids is 1. The van der Waals surface area contributed by atoms with Crippen molar-refractivity contribution < 1.29 is 4.79 Å². The fourth-order valence-corrected chi connectivity index (χ4v) is 1.58. The zero-order valence-electron chi connectivity index (χ0n) is 8.68. The molecule has 1 aromatic rings. The van der Waals surface area contributed by atoms with E-state index in [1.807, 2.05) is 7.05 Å². The first-order chi connectivity index (χ1) is 7.22. The molecular weight excluding hydrogens is 190 g/mol. The van der Waals surface area contributed by atoms with Crippen molar-refractivity contribution in [2.75, 3.05) is 7.05 Å². The van der Waals surface area contributed by atoms with E-state index in [4.69, 9.17) is 5.26 Å². The lowest BCUT2D eigenvalue weighted by Gasteiger charge is -2.16. The number of amides is 1. The lowest BCUT2D eigenvalue weighted by molar-refractivity contribution is -0.131. The van der Waals surface area contributed by atoms with Crippen LogP contribution in [0.2, 0.25) is 0 Å². The molecule has 4 nitrogen and oxygen atoms in total. The van der Waals surface area contributed by atoms with Crippen LogP contribution in [0, 0.1) is 11.3 Å². The van der Waals surface area contributed by atoms with Crippen LogP contribution in [0.15, 0.2) is 18.3 Å². The fourth-order valence-electron chi connectivity index (χ4n) is 1.58. The van der Waals surface area contributed by atoms with Crippen LogP contribution in [0.4, 0.5) is 0 Å². The van der Waals surface area contributed by atoms with E-state index in [1.165, 1.54) is 0 Å². The van der Waals surface area contributed by atoms with Gasteiger partial charge in [-0.1, -0.05) is 0 Å². The van der Waals surface area contributed by atoms with Gasteiger partial charge >= 0.3 is 0 Å². The molecule has 0 bridgehead atoms. The number of hydrogen-bond acceptors (Lipinski definition) is 2.